The fraction of sp³-hybridized carbons (Fsp3) is 0.922. The van der Waals surface area contributed by atoms with Crippen LogP contribution in [0.25, 0.3) is 0 Å². The Morgan fingerprint density at radius 2 is 1.17 bits per heavy atom. The number of hydrogen-bond donors (Lipinski definition) is 0. The van der Waals surface area contributed by atoms with Crippen molar-refractivity contribution in [1.29, 1.82) is 0 Å². The second kappa shape index (κ2) is 21.0. The van der Waals surface area contributed by atoms with Crippen molar-refractivity contribution < 1.29 is 75.8 Å². The summed E-state index contributed by atoms with van der Waals surface area (Å²) in [5.41, 5.74) is 2.19. The molecule has 16 saturated heterocycles. The van der Waals surface area contributed by atoms with Crippen molar-refractivity contribution in [2.24, 2.45) is 35.5 Å². The summed E-state index contributed by atoms with van der Waals surface area (Å²) in [5.74, 6) is -1.08. The highest BCUT2D eigenvalue weighted by atomic mass is 16.8. The van der Waals surface area contributed by atoms with Crippen molar-refractivity contribution in [3.8, 4) is 0 Å². The minimum atomic E-state index is -0.854. The summed E-state index contributed by atoms with van der Waals surface area (Å²) in [5, 5.41) is 0. The number of rotatable bonds is 5. The molecular formula is C64H95NO16. The van der Waals surface area contributed by atoms with Gasteiger partial charge in [0.25, 0.3) is 0 Å². The maximum atomic E-state index is 14.6. The zero-order chi connectivity index (χ0) is 55.6. The predicted octanol–water partition coefficient (Wildman–Crippen LogP) is 8.05. The maximum absolute atomic E-state index is 14.6. The van der Waals surface area contributed by atoms with Crippen molar-refractivity contribution in [2.75, 3.05) is 20.6 Å². The number of ether oxygens (including phenoxy) is 15. The first kappa shape index (κ1) is 55.9. The van der Waals surface area contributed by atoms with E-state index in [0.717, 1.165) is 81.9 Å². The van der Waals surface area contributed by atoms with Crippen LogP contribution in [0, 0.1) is 35.5 Å². The molecule has 16 rings (SSSR count). The lowest BCUT2D eigenvalue weighted by molar-refractivity contribution is -0.347. The molecule has 0 N–H and O–H groups in total. The summed E-state index contributed by atoms with van der Waals surface area (Å²) in [6, 6.07) is 0. The molecule has 32 unspecified atom stereocenters. The molecule has 3 spiro atoms. The molecule has 17 heteroatoms. The number of carbonyl (C=O) groups is 1. The highest BCUT2D eigenvalue weighted by molar-refractivity contribution is 5.70. The standard InChI is InChI=1S/C64H95NO16/c1-30(29-65(9)10)17-32(3)43-21-48-53(72-43)34(5)24-63(77-48)25-35(6)54-51(78-63)28-64(79-54)26-49-45(76-64)23-47-55(73-49)37(8)56-46(70-47)22-44-36(7)31(2)18-38(68-44)11-13-41-33(4)19-40(67-41)15-16-62-27-50-58(80-62)59-60(74-50)61(81-62)57-42(71-59)14-12-39(69-57)20-52(66)75-56/h30-32,34-35,37-51,53-61H,4,7,11-29H2,1-3,5-6,8-10H3. The van der Waals surface area contributed by atoms with Crippen molar-refractivity contribution in [3.05, 3.63) is 24.3 Å². The van der Waals surface area contributed by atoms with Gasteiger partial charge in [-0.05, 0) is 106 Å². The van der Waals surface area contributed by atoms with Gasteiger partial charge in [0.15, 0.2) is 17.4 Å². The van der Waals surface area contributed by atoms with Gasteiger partial charge in [-0.15, -0.1) is 0 Å². The van der Waals surface area contributed by atoms with Crippen LogP contribution in [0.1, 0.15) is 157 Å². The van der Waals surface area contributed by atoms with Crippen LogP contribution in [-0.4, -0.2) is 189 Å². The zero-order valence-electron chi connectivity index (χ0n) is 49.6. The van der Waals surface area contributed by atoms with Crippen molar-refractivity contribution in [3.63, 3.8) is 0 Å². The van der Waals surface area contributed by atoms with Gasteiger partial charge in [-0.2, -0.15) is 0 Å². The molecule has 0 radical (unpaired) electrons. The second-order valence-electron chi connectivity index (χ2n) is 29.5. The van der Waals surface area contributed by atoms with Gasteiger partial charge < -0.3 is 76.0 Å². The molecule has 17 nitrogen and oxygen atoms in total. The monoisotopic (exact) mass is 1130 g/mol. The van der Waals surface area contributed by atoms with Crippen LogP contribution in [0.15, 0.2) is 24.3 Å². The number of carbonyl (C=O) groups excluding carboxylic acids is 1. The number of hydrogen-bond acceptors (Lipinski definition) is 17. The summed E-state index contributed by atoms with van der Waals surface area (Å²) >= 11 is 0. The van der Waals surface area contributed by atoms with Crippen LogP contribution >= 0.6 is 0 Å². The van der Waals surface area contributed by atoms with E-state index in [9.17, 15) is 4.79 Å². The molecule has 0 aromatic carbocycles. The Labute approximate surface area is 480 Å². The average Bonchev–Trinajstić information content (AvgIpc) is 2.87. The third-order valence-electron chi connectivity index (χ3n) is 22.9. The number of nitrogens with zero attached hydrogens (tertiary/aromatic N) is 1. The van der Waals surface area contributed by atoms with E-state index in [1.165, 1.54) is 0 Å². The van der Waals surface area contributed by atoms with Crippen LogP contribution in [0.3, 0.4) is 0 Å². The van der Waals surface area contributed by atoms with Gasteiger partial charge in [0, 0.05) is 70.3 Å². The van der Waals surface area contributed by atoms with Gasteiger partial charge in [0.2, 0.25) is 0 Å². The predicted molar refractivity (Wildman–Crippen MR) is 292 cm³/mol. The Balaban J connectivity index is 0.646. The fourth-order valence-corrected chi connectivity index (χ4v) is 19.3. The van der Waals surface area contributed by atoms with E-state index in [1.54, 1.807) is 0 Å². The van der Waals surface area contributed by atoms with Gasteiger partial charge >= 0.3 is 5.97 Å². The number of esters is 1. The van der Waals surface area contributed by atoms with Gasteiger partial charge in [-0.25, -0.2) is 0 Å². The van der Waals surface area contributed by atoms with Gasteiger partial charge in [0.05, 0.1) is 110 Å². The van der Waals surface area contributed by atoms with E-state index in [-0.39, 0.29) is 152 Å². The molecular weight excluding hydrogens is 1040 g/mol. The first-order valence-electron chi connectivity index (χ1n) is 32.4. The van der Waals surface area contributed by atoms with Gasteiger partial charge in [0.1, 0.15) is 36.6 Å². The third kappa shape index (κ3) is 10.0. The lowest BCUT2D eigenvalue weighted by Gasteiger charge is -2.51. The topological polar surface area (TPSA) is 159 Å². The Bertz CT molecular complexity index is 2390. The first-order chi connectivity index (χ1) is 38.8. The molecule has 16 heterocycles. The zero-order valence-corrected chi connectivity index (χ0v) is 49.6. The third-order valence-corrected chi connectivity index (χ3v) is 22.9. The van der Waals surface area contributed by atoms with Crippen LogP contribution in [0.2, 0.25) is 0 Å². The van der Waals surface area contributed by atoms with E-state index in [2.05, 4.69) is 73.7 Å². The maximum Gasteiger partial charge on any atom is 0.308 e. The van der Waals surface area contributed by atoms with E-state index < -0.39 is 35.7 Å². The molecule has 16 aliphatic rings. The van der Waals surface area contributed by atoms with Crippen molar-refractivity contribution in [1.82, 2.24) is 4.90 Å². The molecule has 0 amide bonds. The normalized spacial score (nSPS) is 56.2. The molecule has 0 aliphatic carbocycles. The van der Waals surface area contributed by atoms with Crippen LogP contribution in [0.4, 0.5) is 0 Å². The molecule has 452 valence electrons. The average molecular weight is 1130 g/mol. The lowest BCUT2D eigenvalue weighted by atomic mass is 9.79. The van der Waals surface area contributed by atoms with E-state index in [4.69, 9.17) is 71.1 Å². The largest absolute Gasteiger partial charge is 0.459 e. The lowest BCUT2D eigenvalue weighted by Crippen LogP contribution is -2.62. The quantitative estimate of drug-likeness (QED) is 0.192. The summed E-state index contributed by atoms with van der Waals surface area (Å²) in [7, 11) is 4.30. The van der Waals surface area contributed by atoms with Crippen molar-refractivity contribution in [2.45, 2.75) is 315 Å². The minimum absolute atomic E-state index is 0.00223. The summed E-state index contributed by atoms with van der Waals surface area (Å²) in [4.78, 5) is 16.9. The van der Waals surface area contributed by atoms with E-state index >= 15 is 0 Å². The summed E-state index contributed by atoms with van der Waals surface area (Å²) in [6.07, 6.45) is 8.24. The first-order valence-corrected chi connectivity index (χ1v) is 32.4. The highest BCUT2D eigenvalue weighted by Crippen LogP contribution is 2.58. The van der Waals surface area contributed by atoms with Gasteiger partial charge in [-0.3, -0.25) is 4.79 Å². The molecule has 16 aliphatic heterocycles. The molecule has 12 bridgehead atoms. The Hall–Kier alpha value is -1.65. The second-order valence-corrected chi connectivity index (χ2v) is 29.5. The van der Waals surface area contributed by atoms with Crippen molar-refractivity contribution >= 4 is 5.97 Å². The molecule has 81 heavy (non-hydrogen) atoms. The van der Waals surface area contributed by atoms with E-state index in [1.807, 2.05) is 0 Å². The van der Waals surface area contributed by atoms with Gasteiger partial charge in [-0.1, -0.05) is 54.7 Å². The van der Waals surface area contributed by atoms with Crippen LogP contribution < -0.4 is 0 Å². The smallest absolute Gasteiger partial charge is 0.308 e. The molecule has 0 aromatic rings. The minimum Gasteiger partial charge on any atom is -0.459 e. The van der Waals surface area contributed by atoms with Crippen LogP contribution in [0.5, 0.6) is 0 Å². The fourth-order valence-electron chi connectivity index (χ4n) is 19.3. The number of fused-ring (bicyclic) bond motifs is 10. The molecule has 0 aromatic heterocycles. The van der Waals surface area contributed by atoms with E-state index in [0.29, 0.717) is 62.7 Å². The Morgan fingerprint density at radius 1 is 0.506 bits per heavy atom. The summed E-state index contributed by atoms with van der Waals surface area (Å²) in [6.45, 7) is 24.0. The Morgan fingerprint density at radius 3 is 2.01 bits per heavy atom. The Kier molecular flexibility index (Phi) is 14.5. The molecule has 16 fully saturated rings. The summed E-state index contributed by atoms with van der Waals surface area (Å²) < 4.78 is 105. The highest BCUT2D eigenvalue weighted by Gasteiger charge is 2.70. The SMILES string of the molecule is C=C1CC2CCC34CC5OC6C(OC7CCC(CC(=O)OC8C(CC9OC(CCC1O2)CC(C)C9=C)OC1CC2OC9(CC2OC1C8C)CC1OC2(CC(C)C8OC(C(C)CC(C)CN(C)C)CC8O2)CC(C)C1O9)OC7C6O3)C5O4. The molecule has 32 atom stereocenters. The molecule has 0 saturated carbocycles. The van der Waals surface area contributed by atoms with Crippen LogP contribution in [-0.2, 0) is 75.8 Å².